The predicted octanol–water partition coefficient (Wildman–Crippen LogP) is 3.10. The first kappa shape index (κ1) is 13.3. The first-order chi connectivity index (χ1) is 9.78. The highest BCUT2D eigenvalue weighted by Crippen LogP contribution is 2.31. The minimum atomic E-state index is -0.173. The number of hydrogen-bond donors (Lipinski definition) is 2. The van der Waals surface area contributed by atoms with Crippen molar-refractivity contribution < 1.29 is 9.50 Å². The van der Waals surface area contributed by atoms with Crippen molar-refractivity contribution in [3.8, 4) is 0 Å². The van der Waals surface area contributed by atoms with Gasteiger partial charge in [0.05, 0.1) is 6.61 Å². The average Bonchev–Trinajstić information content (AvgIpc) is 2.87. The lowest BCUT2D eigenvalue weighted by Gasteiger charge is -2.15. The number of aliphatic hydroxyl groups is 1. The fraction of sp³-hybridized carbons (Fsp3) is 0.294. The fourth-order valence-electron chi connectivity index (χ4n) is 2.90. The molecule has 0 bridgehead atoms. The van der Waals surface area contributed by atoms with Crippen molar-refractivity contribution in [3.63, 3.8) is 0 Å². The molecule has 104 valence electrons. The Morgan fingerprint density at radius 3 is 2.75 bits per heavy atom. The summed E-state index contributed by atoms with van der Waals surface area (Å²) in [6.07, 6.45) is 2.00. The standard InChI is InChI=1S/C17H18FNO/c18-15-7-5-12-6-8-17(16(12)9-15)19-10-13-3-1-2-4-14(13)11-20/h1-5,7,9,17,19-20H,6,8,10-11H2. The largest absolute Gasteiger partial charge is 0.392 e. The summed E-state index contributed by atoms with van der Waals surface area (Å²) in [5.41, 5.74) is 4.35. The quantitative estimate of drug-likeness (QED) is 0.895. The van der Waals surface area contributed by atoms with E-state index < -0.39 is 0 Å². The first-order valence-corrected chi connectivity index (χ1v) is 6.97. The van der Waals surface area contributed by atoms with Gasteiger partial charge in [-0.1, -0.05) is 30.3 Å². The van der Waals surface area contributed by atoms with Crippen LogP contribution in [0.2, 0.25) is 0 Å². The monoisotopic (exact) mass is 271 g/mol. The molecule has 0 aromatic heterocycles. The summed E-state index contributed by atoms with van der Waals surface area (Å²) in [4.78, 5) is 0. The summed E-state index contributed by atoms with van der Waals surface area (Å²) >= 11 is 0. The van der Waals surface area contributed by atoms with Crippen LogP contribution in [0.4, 0.5) is 4.39 Å². The maximum Gasteiger partial charge on any atom is 0.123 e. The molecular weight excluding hydrogens is 253 g/mol. The molecule has 0 heterocycles. The molecule has 0 fully saturated rings. The van der Waals surface area contributed by atoms with Crippen LogP contribution in [-0.4, -0.2) is 5.11 Å². The van der Waals surface area contributed by atoms with Gasteiger partial charge in [-0.15, -0.1) is 0 Å². The van der Waals surface area contributed by atoms with Gasteiger partial charge < -0.3 is 10.4 Å². The van der Waals surface area contributed by atoms with Gasteiger partial charge in [-0.25, -0.2) is 4.39 Å². The van der Waals surface area contributed by atoms with E-state index in [-0.39, 0.29) is 18.5 Å². The molecule has 2 aromatic rings. The highest BCUT2D eigenvalue weighted by Gasteiger charge is 2.22. The third-order valence-corrected chi connectivity index (χ3v) is 4.01. The lowest BCUT2D eigenvalue weighted by molar-refractivity contribution is 0.280. The van der Waals surface area contributed by atoms with Gasteiger partial charge in [-0.2, -0.15) is 0 Å². The minimum Gasteiger partial charge on any atom is -0.392 e. The van der Waals surface area contributed by atoms with E-state index >= 15 is 0 Å². The summed E-state index contributed by atoms with van der Waals surface area (Å²) in [7, 11) is 0. The molecule has 2 N–H and O–H groups in total. The number of hydrogen-bond acceptors (Lipinski definition) is 2. The summed E-state index contributed by atoms with van der Waals surface area (Å²) in [5, 5.41) is 12.8. The summed E-state index contributed by atoms with van der Waals surface area (Å²) < 4.78 is 13.4. The Balaban J connectivity index is 1.73. The molecule has 0 radical (unpaired) electrons. The van der Waals surface area contributed by atoms with Gasteiger partial charge in [0.15, 0.2) is 0 Å². The van der Waals surface area contributed by atoms with Crippen LogP contribution in [0.5, 0.6) is 0 Å². The highest BCUT2D eigenvalue weighted by atomic mass is 19.1. The first-order valence-electron chi connectivity index (χ1n) is 6.97. The molecule has 2 aromatic carbocycles. The van der Waals surface area contributed by atoms with Crippen molar-refractivity contribution in [1.29, 1.82) is 0 Å². The maximum absolute atomic E-state index is 13.4. The van der Waals surface area contributed by atoms with Gasteiger partial charge in [0, 0.05) is 12.6 Å². The van der Waals surface area contributed by atoms with E-state index in [4.69, 9.17) is 0 Å². The Hall–Kier alpha value is -1.71. The van der Waals surface area contributed by atoms with Crippen molar-refractivity contribution in [2.75, 3.05) is 0 Å². The van der Waals surface area contributed by atoms with Crippen LogP contribution in [0.25, 0.3) is 0 Å². The zero-order valence-electron chi connectivity index (χ0n) is 11.3. The summed E-state index contributed by atoms with van der Waals surface area (Å²) in [6, 6.07) is 13.1. The molecule has 1 aliphatic rings. The number of fused-ring (bicyclic) bond motifs is 1. The zero-order chi connectivity index (χ0) is 13.9. The average molecular weight is 271 g/mol. The maximum atomic E-state index is 13.4. The number of benzene rings is 2. The molecule has 0 saturated heterocycles. The van der Waals surface area contributed by atoms with Crippen LogP contribution in [-0.2, 0) is 19.6 Å². The van der Waals surface area contributed by atoms with E-state index in [1.165, 1.54) is 11.6 Å². The van der Waals surface area contributed by atoms with E-state index in [0.717, 1.165) is 29.5 Å². The Kier molecular flexibility index (Phi) is 3.81. The Labute approximate surface area is 118 Å². The smallest absolute Gasteiger partial charge is 0.123 e. The van der Waals surface area contributed by atoms with Crippen molar-refractivity contribution in [3.05, 3.63) is 70.5 Å². The van der Waals surface area contributed by atoms with E-state index in [1.54, 1.807) is 6.07 Å². The van der Waals surface area contributed by atoms with Gasteiger partial charge in [-0.05, 0) is 47.2 Å². The van der Waals surface area contributed by atoms with Gasteiger partial charge in [-0.3, -0.25) is 0 Å². The van der Waals surface area contributed by atoms with Crippen molar-refractivity contribution in [2.24, 2.45) is 0 Å². The van der Waals surface area contributed by atoms with Crippen LogP contribution in [0.3, 0.4) is 0 Å². The SMILES string of the molecule is OCc1ccccc1CNC1CCc2ccc(F)cc21. The molecule has 3 heteroatoms. The van der Waals surface area contributed by atoms with Gasteiger partial charge in [0.2, 0.25) is 0 Å². The second-order valence-corrected chi connectivity index (χ2v) is 5.24. The number of aryl methyl sites for hydroxylation is 1. The zero-order valence-corrected chi connectivity index (χ0v) is 11.3. The second kappa shape index (κ2) is 5.73. The molecule has 1 aliphatic carbocycles. The van der Waals surface area contributed by atoms with E-state index in [0.29, 0.717) is 6.54 Å². The summed E-state index contributed by atoms with van der Waals surface area (Å²) in [6.45, 7) is 0.741. The lowest BCUT2D eigenvalue weighted by atomic mass is 10.1. The van der Waals surface area contributed by atoms with E-state index in [9.17, 15) is 9.50 Å². The Morgan fingerprint density at radius 1 is 1.15 bits per heavy atom. The molecule has 1 atom stereocenters. The summed E-state index contributed by atoms with van der Waals surface area (Å²) in [5.74, 6) is -0.173. The van der Waals surface area contributed by atoms with Gasteiger partial charge in [0.1, 0.15) is 5.82 Å². The van der Waals surface area contributed by atoms with E-state index in [1.807, 2.05) is 30.3 Å². The molecular formula is C17H18FNO. The van der Waals surface area contributed by atoms with Crippen molar-refractivity contribution in [2.45, 2.75) is 32.0 Å². The lowest BCUT2D eigenvalue weighted by Crippen LogP contribution is -2.19. The number of nitrogens with one attached hydrogen (secondary N) is 1. The number of aliphatic hydroxyl groups excluding tert-OH is 1. The number of halogens is 1. The molecule has 20 heavy (non-hydrogen) atoms. The molecule has 2 nitrogen and oxygen atoms in total. The Bertz CT molecular complexity index is 612. The normalized spacial score (nSPS) is 17.2. The minimum absolute atomic E-state index is 0.0493. The van der Waals surface area contributed by atoms with Gasteiger partial charge >= 0.3 is 0 Å². The predicted molar refractivity (Wildman–Crippen MR) is 76.7 cm³/mol. The molecule has 0 saturated carbocycles. The Morgan fingerprint density at radius 2 is 1.95 bits per heavy atom. The molecule has 3 rings (SSSR count). The van der Waals surface area contributed by atoms with Crippen molar-refractivity contribution >= 4 is 0 Å². The van der Waals surface area contributed by atoms with Crippen LogP contribution >= 0.6 is 0 Å². The van der Waals surface area contributed by atoms with Crippen LogP contribution in [0.15, 0.2) is 42.5 Å². The van der Waals surface area contributed by atoms with Crippen LogP contribution < -0.4 is 5.32 Å². The van der Waals surface area contributed by atoms with Crippen LogP contribution in [0, 0.1) is 5.82 Å². The van der Waals surface area contributed by atoms with Gasteiger partial charge in [0.25, 0.3) is 0 Å². The number of rotatable bonds is 4. The molecule has 0 amide bonds. The third-order valence-electron chi connectivity index (χ3n) is 4.01. The second-order valence-electron chi connectivity index (χ2n) is 5.24. The molecule has 1 unspecified atom stereocenters. The third kappa shape index (κ3) is 2.60. The fourth-order valence-corrected chi connectivity index (χ4v) is 2.90. The molecule has 0 spiro atoms. The van der Waals surface area contributed by atoms with Crippen molar-refractivity contribution in [1.82, 2.24) is 5.32 Å². The van der Waals surface area contributed by atoms with E-state index in [2.05, 4.69) is 5.32 Å². The topological polar surface area (TPSA) is 32.3 Å². The van der Waals surface area contributed by atoms with Crippen LogP contribution in [0.1, 0.15) is 34.7 Å². The highest BCUT2D eigenvalue weighted by molar-refractivity contribution is 5.35. The molecule has 0 aliphatic heterocycles.